The van der Waals surface area contributed by atoms with Crippen molar-refractivity contribution in [2.24, 2.45) is 0 Å². The highest BCUT2D eigenvalue weighted by atomic mass is 16.4. The Morgan fingerprint density at radius 2 is 2.17 bits per heavy atom. The number of hydrogen-bond acceptors (Lipinski definition) is 3. The first-order chi connectivity index (χ1) is 8.75. The summed E-state index contributed by atoms with van der Waals surface area (Å²) in [5.74, 6) is -0.861. The van der Waals surface area contributed by atoms with Crippen molar-refractivity contribution in [3.63, 3.8) is 0 Å². The molecule has 1 aromatic heterocycles. The number of carboxylic acid groups (broad SMARTS) is 1. The number of nitrogens with one attached hydrogen (secondary N) is 2. The van der Waals surface area contributed by atoms with Crippen LogP contribution in [-0.2, 0) is 17.8 Å². The van der Waals surface area contributed by atoms with Crippen LogP contribution in [0, 0.1) is 0 Å². The molecule has 0 spiro atoms. The van der Waals surface area contributed by atoms with Gasteiger partial charge in [0.1, 0.15) is 6.04 Å². The van der Waals surface area contributed by atoms with E-state index in [-0.39, 0.29) is 0 Å². The zero-order valence-corrected chi connectivity index (χ0v) is 9.84. The lowest BCUT2D eigenvalue weighted by atomic mass is 10.1. The van der Waals surface area contributed by atoms with E-state index in [1.165, 1.54) is 0 Å². The summed E-state index contributed by atoms with van der Waals surface area (Å²) in [5.41, 5.74) is 1.87. The average Bonchev–Trinajstić information content (AvgIpc) is 2.88. The minimum atomic E-state index is -0.861. The molecule has 1 aromatic carbocycles. The largest absolute Gasteiger partial charge is 0.480 e. The van der Waals surface area contributed by atoms with Crippen LogP contribution in [0.5, 0.6) is 0 Å². The first-order valence-electron chi connectivity index (χ1n) is 5.73. The van der Waals surface area contributed by atoms with Gasteiger partial charge in [-0.05, 0) is 5.56 Å². The van der Waals surface area contributed by atoms with Gasteiger partial charge in [-0.25, -0.2) is 4.98 Å². The highest BCUT2D eigenvalue weighted by Crippen LogP contribution is 2.02. The molecule has 0 bridgehead atoms. The monoisotopic (exact) mass is 245 g/mol. The van der Waals surface area contributed by atoms with Gasteiger partial charge in [0, 0.05) is 24.9 Å². The van der Waals surface area contributed by atoms with E-state index in [9.17, 15) is 4.79 Å². The normalized spacial score (nSPS) is 12.2. The van der Waals surface area contributed by atoms with Crippen molar-refractivity contribution in [3.05, 3.63) is 54.1 Å². The van der Waals surface area contributed by atoms with E-state index in [2.05, 4.69) is 15.3 Å². The lowest BCUT2D eigenvalue weighted by Crippen LogP contribution is -2.38. The predicted molar refractivity (Wildman–Crippen MR) is 67.0 cm³/mol. The SMILES string of the molecule is O=C(O)[C@@H](Cc1cnc[nH]1)NCc1ccccc1. The zero-order valence-electron chi connectivity index (χ0n) is 9.84. The van der Waals surface area contributed by atoms with Crippen molar-refractivity contribution < 1.29 is 9.90 Å². The van der Waals surface area contributed by atoms with E-state index < -0.39 is 12.0 Å². The molecule has 18 heavy (non-hydrogen) atoms. The Bertz CT molecular complexity index is 482. The van der Waals surface area contributed by atoms with Crippen molar-refractivity contribution >= 4 is 5.97 Å². The van der Waals surface area contributed by atoms with Crippen LogP contribution in [0.2, 0.25) is 0 Å². The molecule has 0 radical (unpaired) electrons. The van der Waals surface area contributed by atoms with Gasteiger partial charge in [0.15, 0.2) is 0 Å². The van der Waals surface area contributed by atoms with E-state index in [4.69, 9.17) is 5.11 Å². The van der Waals surface area contributed by atoms with Gasteiger partial charge in [0.05, 0.1) is 6.33 Å². The fraction of sp³-hybridized carbons (Fsp3) is 0.231. The minimum absolute atomic E-state index is 0.391. The maximum absolute atomic E-state index is 11.2. The molecule has 0 saturated heterocycles. The highest BCUT2D eigenvalue weighted by molar-refractivity contribution is 5.73. The average molecular weight is 245 g/mol. The second-order valence-corrected chi connectivity index (χ2v) is 4.04. The summed E-state index contributed by atoms with van der Waals surface area (Å²) >= 11 is 0. The number of benzene rings is 1. The van der Waals surface area contributed by atoms with Crippen LogP contribution in [0.25, 0.3) is 0 Å². The molecule has 0 fully saturated rings. The molecule has 0 saturated carbocycles. The van der Waals surface area contributed by atoms with E-state index in [0.717, 1.165) is 11.3 Å². The van der Waals surface area contributed by atoms with Crippen LogP contribution in [0.3, 0.4) is 0 Å². The Balaban J connectivity index is 1.93. The molecule has 0 unspecified atom stereocenters. The number of aromatic amines is 1. The maximum atomic E-state index is 11.2. The molecular formula is C13H15N3O2. The van der Waals surface area contributed by atoms with Crippen LogP contribution in [-0.4, -0.2) is 27.1 Å². The number of hydrogen-bond donors (Lipinski definition) is 3. The lowest BCUT2D eigenvalue weighted by molar-refractivity contribution is -0.139. The highest BCUT2D eigenvalue weighted by Gasteiger charge is 2.17. The molecule has 0 aliphatic heterocycles. The Morgan fingerprint density at radius 3 is 2.78 bits per heavy atom. The molecule has 1 heterocycles. The van der Waals surface area contributed by atoms with Crippen molar-refractivity contribution in [1.82, 2.24) is 15.3 Å². The van der Waals surface area contributed by atoms with Gasteiger partial charge < -0.3 is 10.1 Å². The number of carbonyl (C=O) groups is 1. The smallest absolute Gasteiger partial charge is 0.321 e. The quantitative estimate of drug-likeness (QED) is 0.714. The fourth-order valence-corrected chi connectivity index (χ4v) is 1.70. The number of H-pyrrole nitrogens is 1. The number of carboxylic acids is 1. The van der Waals surface area contributed by atoms with Crippen LogP contribution in [0.15, 0.2) is 42.9 Å². The molecule has 0 aliphatic carbocycles. The molecule has 94 valence electrons. The second-order valence-electron chi connectivity index (χ2n) is 4.04. The van der Waals surface area contributed by atoms with Gasteiger partial charge >= 0.3 is 5.97 Å². The van der Waals surface area contributed by atoms with E-state index in [1.54, 1.807) is 12.5 Å². The molecule has 2 rings (SSSR count). The van der Waals surface area contributed by atoms with Crippen LogP contribution >= 0.6 is 0 Å². The van der Waals surface area contributed by atoms with E-state index >= 15 is 0 Å². The Kier molecular flexibility index (Phi) is 4.09. The Hall–Kier alpha value is -2.14. The number of aromatic nitrogens is 2. The summed E-state index contributed by atoms with van der Waals surface area (Å²) in [5, 5.41) is 12.2. The number of rotatable bonds is 6. The first kappa shape index (κ1) is 12.3. The summed E-state index contributed by atoms with van der Waals surface area (Å²) in [4.78, 5) is 17.9. The minimum Gasteiger partial charge on any atom is -0.480 e. The summed E-state index contributed by atoms with van der Waals surface area (Å²) in [6, 6.07) is 9.10. The van der Waals surface area contributed by atoms with Gasteiger partial charge in [-0.2, -0.15) is 0 Å². The molecule has 2 aromatic rings. The number of imidazole rings is 1. The van der Waals surface area contributed by atoms with Gasteiger partial charge in [0.25, 0.3) is 0 Å². The molecule has 1 atom stereocenters. The van der Waals surface area contributed by atoms with Crippen molar-refractivity contribution in [2.45, 2.75) is 19.0 Å². The van der Waals surface area contributed by atoms with Gasteiger partial charge in [-0.3, -0.25) is 10.1 Å². The van der Waals surface area contributed by atoms with E-state index in [0.29, 0.717) is 13.0 Å². The third-order valence-corrected chi connectivity index (χ3v) is 2.67. The number of nitrogens with zero attached hydrogens (tertiary/aromatic N) is 1. The van der Waals surface area contributed by atoms with Crippen molar-refractivity contribution in [1.29, 1.82) is 0 Å². The second kappa shape index (κ2) is 5.97. The van der Waals surface area contributed by atoms with Crippen molar-refractivity contribution in [2.75, 3.05) is 0 Å². The van der Waals surface area contributed by atoms with Crippen LogP contribution in [0.1, 0.15) is 11.3 Å². The summed E-state index contributed by atoms with van der Waals surface area (Å²) in [6.07, 6.45) is 3.58. The molecule has 3 N–H and O–H groups in total. The van der Waals surface area contributed by atoms with E-state index in [1.807, 2.05) is 30.3 Å². The third kappa shape index (κ3) is 3.43. The van der Waals surface area contributed by atoms with Gasteiger partial charge in [0.2, 0.25) is 0 Å². The molecule has 0 aliphatic rings. The standard InChI is InChI=1S/C13H15N3O2/c17-13(18)12(6-11-8-14-9-16-11)15-7-10-4-2-1-3-5-10/h1-5,8-9,12,15H,6-7H2,(H,14,16)(H,17,18)/t12-/m1/s1. The van der Waals surface area contributed by atoms with Gasteiger partial charge in [-0.1, -0.05) is 30.3 Å². The maximum Gasteiger partial charge on any atom is 0.321 e. The molecule has 0 amide bonds. The molecule has 5 nitrogen and oxygen atoms in total. The fourth-order valence-electron chi connectivity index (χ4n) is 1.70. The Labute approximate surface area is 105 Å². The number of aliphatic carboxylic acids is 1. The van der Waals surface area contributed by atoms with Crippen molar-refractivity contribution in [3.8, 4) is 0 Å². The summed E-state index contributed by atoms with van der Waals surface area (Å²) in [6.45, 7) is 0.534. The topological polar surface area (TPSA) is 78.0 Å². The van der Waals surface area contributed by atoms with Gasteiger partial charge in [-0.15, -0.1) is 0 Å². The summed E-state index contributed by atoms with van der Waals surface area (Å²) in [7, 11) is 0. The molecule has 5 heteroatoms. The Morgan fingerprint density at radius 1 is 1.39 bits per heavy atom. The van der Waals surface area contributed by atoms with Crippen LogP contribution < -0.4 is 5.32 Å². The molecular weight excluding hydrogens is 230 g/mol. The zero-order chi connectivity index (χ0) is 12.8. The predicted octanol–water partition coefficient (Wildman–Crippen LogP) is 1.20. The lowest BCUT2D eigenvalue weighted by Gasteiger charge is -2.13. The summed E-state index contributed by atoms with van der Waals surface area (Å²) < 4.78 is 0. The first-order valence-corrected chi connectivity index (χ1v) is 5.73. The van der Waals surface area contributed by atoms with Crippen LogP contribution in [0.4, 0.5) is 0 Å². The third-order valence-electron chi connectivity index (χ3n) is 2.67.